The highest BCUT2D eigenvalue weighted by Gasteiger charge is 2.20. The molecule has 0 atom stereocenters. The number of hydrogen-bond acceptors (Lipinski definition) is 9. The molecule has 3 heterocycles. The minimum Gasteiger partial charge on any atom is -0.494 e. The molecule has 0 aliphatic rings. The fourth-order valence-electron chi connectivity index (χ4n) is 2.22. The number of carbonyl (C=O) groups excluding carboxylic acids is 1. The van der Waals surface area contributed by atoms with E-state index in [0.717, 1.165) is 11.3 Å². The van der Waals surface area contributed by atoms with E-state index in [9.17, 15) is 4.79 Å². The lowest BCUT2D eigenvalue weighted by atomic mass is 10.0. The van der Waals surface area contributed by atoms with Gasteiger partial charge in [0.25, 0.3) is 11.1 Å². The highest BCUT2D eigenvalue weighted by Crippen LogP contribution is 2.34. The first-order valence-electron chi connectivity index (χ1n) is 7.34. The zero-order chi connectivity index (χ0) is 19.4. The van der Waals surface area contributed by atoms with Crippen LogP contribution in [-0.4, -0.2) is 40.3 Å². The van der Waals surface area contributed by atoms with E-state index in [1.807, 2.05) is 6.07 Å². The van der Waals surface area contributed by atoms with Crippen molar-refractivity contribution in [2.75, 3.05) is 19.5 Å². The van der Waals surface area contributed by atoms with Crippen LogP contribution in [0.1, 0.15) is 16.1 Å². The van der Waals surface area contributed by atoms with Crippen LogP contribution in [0.25, 0.3) is 11.1 Å². The first kappa shape index (κ1) is 18.5. The van der Waals surface area contributed by atoms with Crippen LogP contribution >= 0.6 is 22.9 Å². The number of amides is 1. The molecule has 0 unspecified atom stereocenters. The van der Waals surface area contributed by atoms with Crippen LogP contribution in [0.2, 0.25) is 5.15 Å². The Kier molecular flexibility index (Phi) is 5.44. The molecule has 136 valence electrons. The van der Waals surface area contributed by atoms with Crippen LogP contribution in [0.5, 0.6) is 10.9 Å². The van der Waals surface area contributed by atoms with Crippen molar-refractivity contribution < 1.29 is 14.3 Å². The Morgan fingerprint density at radius 3 is 2.67 bits per heavy atom. The summed E-state index contributed by atoms with van der Waals surface area (Å²) in [6.07, 6.45) is 2.84. The van der Waals surface area contributed by atoms with Crippen molar-refractivity contribution in [1.82, 2.24) is 20.2 Å². The van der Waals surface area contributed by atoms with E-state index in [4.69, 9.17) is 26.3 Å². The average molecular weight is 403 g/mol. The van der Waals surface area contributed by atoms with Gasteiger partial charge in [0.2, 0.25) is 5.13 Å². The van der Waals surface area contributed by atoms with Crippen LogP contribution in [0.3, 0.4) is 0 Å². The van der Waals surface area contributed by atoms with Crippen LogP contribution in [0.4, 0.5) is 5.13 Å². The monoisotopic (exact) mass is 402 g/mol. The summed E-state index contributed by atoms with van der Waals surface area (Å²) in [5, 5.41) is 20.1. The normalized spacial score (nSPS) is 10.1. The van der Waals surface area contributed by atoms with Crippen molar-refractivity contribution in [3.8, 4) is 28.1 Å². The SMILES string of the molecule is COc1nnc(NC(=O)c2cc(C#N)ncc2-c2cc(Cl)ncc2OC)s1. The number of pyridine rings is 2. The number of carbonyl (C=O) groups is 1. The number of nitrogens with one attached hydrogen (secondary N) is 1. The largest absolute Gasteiger partial charge is 0.494 e. The summed E-state index contributed by atoms with van der Waals surface area (Å²) in [4.78, 5) is 20.8. The number of anilines is 1. The average Bonchev–Trinajstić information content (AvgIpc) is 3.15. The number of nitriles is 1. The second-order valence-electron chi connectivity index (χ2n) is 4.97. The number of hydrogen-bond donors (Lipinski definition) is 1. The van der Waals surface area contributed by atoms with Gasteiger partial charge in [-0.15, -0.1) is 5.10 Å². The molecule has 3 rings (SSSR count). The Bertz CT molecular complexity index is 1050. The maximum absolute atomic E-state index is 12.8. The number of rotatable bonds is 5. The Morgan fingerprint density at radius 1 is 1.19 bits per heavy atom. The van der Waals surface area contributed by atoms with Crippen molar-refractivity contribution in [2.24, 2.45) is 0 Å². The number of aromatic nitrogens is 4. The van der Waals surface area contributed by atoms with Crippen LogP contribution in [0, 0.1) is 11.3 Å². The molecular formula is C16H11ClN6O3S. The third-order valence-electron chi connectivity index (χ3n) is 3.41. The Hall–Kier alpha value is -3.29. The molecule has 0 saturated carbocycles. The molecule has 1 N–H and O–H groups in total. The van der Waals surface area contributed by atoms with Gasteiger partial charge in [0.1, 0.15) is 22.7 Å². The maximum Gasteiger partial charge on any atom is 0.295 e. The smallest absolute Gasteiger partial charge is 0.295 e. The van der Waals surface area contributed by atoms with Crippen molar-refractivity contribution in [3.05, 3.63) is 40.9 Å². The third-order valence-corrected chi connectivity index (χ3v) is 4.42. The van der Waals surface area contributed by atoms with Gasteiger partial charge in [0.15, 0.2) is 0 Å². The summed E-state index contributed by atoms with van der Waals surface area (Å²) in [5.74, 6) is -0.102. The van der Waals surface area contributed by atoms with E-state index in [2.05, 4.69) is 25.5 Å². The van der Waals surface area contributed by atoms with Crippen LogP contribution in [-0.2, 0) is 0 Å². The Morgan fingerprint density at radius 2 is 2.00 bits per heavy atom. The van der Waals surface area contributed by atoms with Gasteiger partial charge in [-0.25, -0.2) is 9.97 Å². The molecule has 11 heteroatoms. The second-order valence-corrected chi connectivity index (χ2v) is 6.29. The van der Waals surface area contributed by atoms with E-state index in [-0.39, 0.29) is 21.5 Å². The van der Waals surface area contributed by atoms with E-state index < -0.39 is 5.91 Å². The quantitative estimate of drug-likeness (QED) is 0.646. The predicted molar refractivity (Wildman–Crippen MR) is 98.2 cm³/mol. The summed E-state index contributed by atoms with van der Waals surface area (Å²) in [5.41, 5.74) is 1.20. The van der Waals surface area contributed by atoms with E-state index in [0.29, 0.717) is 22.1 Å². The Balaban J connectivity index is 2.07. The molecule has 27 heavy (non-hydrogen) atoms. The van der Waals surface area contributed by atoms with Crippen molar-refractivity contribution in [1.29, 1.82) is 5.26 Å². The first-order valence-corrected chi connectivity index (χ1v) is 8.54. The molecule has 0 spiro atoms. The number of ether oxygens (including phenoxy) is 2. The third kappa shape index (κ3) is 3.94. The van der Waals surface area contributed by atoms with Crippen molar-refractivity contribution >= 4 is 34.0 Å². The molecule has 9 nitrogen and oxygen atoms in total. The zero-order valence-corrected chi connectivity index (χ0v) is 15.6. The summed E-state index contributed by atoms with van der Waals surface area (Å²) < 4.78 is 10.3. The molecular weight excluding hydrogens is 392 g/mol. The Labute approximate surface area is 162 Å². The molecule has 0 aliphatic heterocycles. The first-order chi connectivity index (χ1) is 13.0. The predicted octanol–water partition coefficient (Wildman–Crippen LogP) is 2.79. The van der Waals surface area contributed by atoms with Gasteiger partial charge in [-0.1, -0.05) is 16.7 Å². The molecule has 0 saturated heterocycles. The summed E-state index contributed by atoms with van der Waals surface area (Å²) in [7, 11) is 2.92. The highest BCUT2D eigenvalue weighted by molar-refractivity contribution is 7.17. The molecule has 3 aromatic heterocycles. The molecule has 3 aromatic rings. The van der Waals surface area contributed by atoms with Gasteiger partial charge >= 0.3 is 0 Å². The van der Waals surface area contributed by atoms with E-state index in [1.54, 1.807) is 6.07 Å². The lowest BCUT2D eigenvalue weighted by Gasteiger charge is -2.12. The molecule has 0 fully saturated rings. The van der Waals surface area contributed by atoms with E-state index in [1.165, 1.54) is 32.7 Å². The minimum absolute atomic E-state index is 0.0814. The van der Waals surface area contributed by atoms with Crippen molar-refractivity contribution in [2.45, 2.75) is 0 Å². The number of methoxy groups -OCH3 is 2. The summed E-state index contributed by atoms with van der Waals surface area (Å²) >= 11 is 7.06. The van der Waals surface area contributed by atoms with Gasteiger partial charge in [-0.05, 0) is 23.5 Å². The minimum atomic E-state index is -0.502. The van der Waals surface area contributed by atoms with Gasteiger partial charge in [0.05, 0.1) is 26.0 Å². The molecule has 0 bridgehead atoms. The van der Waals surface area contributed by atoms with Crippen LogP contribution < -0.4 is 14.8 Å². The lowest BCUT2D eigenvalue weighted by molar-refractivity contribution is 0.102. The molecule has 0 aliphatic carbocycles. The van der Waals surface area contributed by atoms with Gasteiger partial charge in [-0.2, -0.15) is 5.26 Å². The van der Waals surface area contributed by atoms with Crippen LogP contribution in [0.15, 0.2) is 24.5 Å². The fraction of sp³-hybridized carbons (Fsp3) is 0.125. The summed E-state index contributed by atoms with van der Waals surface area (Å²) in [6, 6.07) is 4.83. The molecule has 0 aromatic carbocycles. The van der Waals surface area contributed by atoms with Gasteiger partial charge in [0, 0.05) is 17.3 Å². The van der Waals surface area contributed by atoms with E-state index >= 15 is 0 Å². The van der Waals surface area contributed by atoms with Crippen molar-refractivity contribution in [3.63, 3.8) is 0 Å². The topological polar surface area (TPSA) is 123 Å². The standard InChI is InChI=1S/C16H11ClN6O3S/c1-25-12-7-20-13(17)4-9(12)11-6-19-8(5-18)3-10(11)14(24)21-15-22-23-16(26-2)27-15/h3-4,6-7H,1-2H3,(H,21,22,24). The van der Waals surface area contributed by atoms with Gasteiger partial charge < -0.3 is 9.47 Å². The maximum atomic E-state index is 12.8. The molecule has 1 amide bonds. The van der Waals surface area contributed by atoms with Gasteiger partial charge in [-0.3, -0.25) is 10.1 Å². The molecule has 0 radical (unpaired) electrons. The number of halogens is 1. The zero-order valence-electron chi connectivity index (χ0n) is 14.1. The lowest BCUT2D eigenvalue weighted by Crippen LogP contribution is -2.14. The fourth-order valence-corrected chi connectivity index (χ4v) is 2.93. The summed E-state index contributed by atoms with van der Waals surface area (Å²) in [6.45, 7) is 0. The highest BCUT2D eigenvalue weighted by atomic mass is 35.5. The number of nitrogens with zero attached hydrogens (tertiary/aromatic N) is 5. The second kappa shape index (κ2) is 7.94.